The highest BCUT2D eigenvalue weighted by molar-refractivity contribution is 9.10. The number of ether oxygens (including phenoxy) is 1. The SMILES string of the molecule is Cn1cc(Br)c2c(COc3ccccc3)ncnc21. The second-order valence-corrected chi connectivity index (χ2v) is 5.06. The first kappa shape index (κ1) is 12.2. The van der Waals surface area contributed by atoms with Gasteiger partial charge in [-0.2, -0.15) is 0 Å². The van der Waals surface area contributed by atoms with Crippen LogP contribution >= 0.6 is 15.9 Å². The number of benzene rings is 1. The van der Waals surface area contributed by atoms with E-state index in [1.807, 2.05) is 48.1 Å². The third-order valence-electron chi connectivity index (χ3n) is 2.90. The molecule has 0 aliphatic heterocycles. The molecule has 0 bridgehead atoms. The van der Waals surface area contributed by atoms with E-state index in [-0.39, 0.29) is 0 Å². The number of aryl methyl sites for hydroxylation is 1. The van der Waals surface area contributed by atoms with Crippen LogP contribution in [0, 0.1) is 0 Å². The molecule has 4 nitrogen and oxygen atoms in total. The van der Waals surface area contributed by atoms with Crippen molar-refractivity contribution in [1.29, 1.82) is 0 Å². The van der Waals surface area contributed by atoms with Gasteiger partial charge >= 0.3 is 0 Å². The molecule has 2 heterocycles. The molecule has 0 N–H and O–H groups in total. The van der Waals surface area contributed by atoms with E-state index in [4.69, 9.17) is 4.74 Å². The molecule has 0 saturated heterocycles. The van der Waals surface area contributed by atoms with Crippen LogP contribution in [0.15, 0.2) is 47.3 Å². The van der Waals surface area contributed by atoms with E-state index in [0.717, 1.165) is 26.9 Å². The van der Waals surface area contributed by atoms with Crippen LogP contribution in [0.3, 0.4) is 0 Å². The van der Waals surface area contributed by atoms with Gasteiger partial charge in [0.25, 0.3) is 0 Å². The van der Waals surface area contributed by atoms with Gasteiger partial charge in [0.05, 0.1) is 11.1 Å². The summed E-state index contributed by atoms with van der Waals surface area (Å²) in [5, 5.41) is 1.00. The molecule has 3 aromatic rings. The van der Waals surface area contributed by atoms with Crippen molar-refractivity contribution in [2.24, 2.45) is 7.05 Å². The lowest BCUT2D eigenvalue weighted by Crippen LogP contribution is -2.00. The Labute approximate surface area is 119 Å². The van der Waals surface area contributed by atoms with Gasteiger partial charge < -0.3 is 9.30 Å². The summed E-state index contributed by atoms with van der Waals surface area (Å²) in [7, 11) is 1.96. The summed E-state index contributed by atoms with van der Waals surface area (Å²) < 4.78 is 8.69. The van der Waals surface area contributed by atoms with E-state index >= 15 is 0 Å². The second kappa shape index (κ2) is 5.01. The predicted molar refractivity (Wildman–Crippen MR) is 77.0 cm³/mol. The molecule has 5 heteroatoms. The van der Waals surface area contributed by atoms with E-state index in [0.29, 0.717) is 6.61 Å². The highest BCUT2D eigenvalue weighted by Gasteiger charge is 2.11. The van der Waals surface area contributed by atoms with Crippen molar-refractivity contribution >= 4 is 27.0 Å². The van der Waals surface area contributed by atoms with E-state index in [1.54, 1.807) is 6.33 Å². The minimum absolute atomic E-state index is 0.422. The number of aromatic nitrogens is 3. The number of hydrogen-bond acceptors (Lipinski definition) is 3. The average molecular weight is 318 g/mol. The summed E-state index contributed by atoms with van der Waals surface area (Å²) in [4.78, 5) is 8.60. The Bertz CT molecular complexity index is 709. The van der Waals surface area contributed by atoms with Gasteiger partial charge in [-0.05, 0) is 28.1 Å². The van der Waals surface area contributed by atoms with Crippen molar-refractivity contribution < 1.29 is 4.74 Å². The molecule has 2 aromatic heterocycles. The molecule has 1 aromatic carbocycles. The molecule has 0 aliphatic carbocycles. The molecular formula is C14H12BrN3O. The number of para-hydroxylation sites is 1. The minimum atomic E-state index is 0.422. The Hall–Kier alpha value is -1.88. The van der Waals surface area contributed by atoms with Crippen LogP contribution in [0.2, 0.25) is 0 Å². The fourth-order valence-electron chi connectivity index (χ4n) is 2.00. The molecule has 3 rings (SSSR count). The Morgan fingerprint density at radius 1 is 1.21 bits per heavy atom. The molecular weight excluding hydrogens is 306 g/mol. The van der Waals surface area contributed by atoms with Crippen LogP contribution in [-0.4, -0.2) is 14.5 Å². The van der Waals surface area contributed by atoms with Crippen LogP contribution in [0.25, 0.3) is 11.0 Å². The molecule has 19 heavy (non-hydrogen) atoms. The van der Waals surface area contributed by atoms with Crippen LogP contribution < -0.4 is 4.74 Å². The monoisotopic (exact) mass is 317 g/mol. The number of halogens is 1. The maximum atomic E-state index is 5.74. The Kier molecular flexibility index (Phi) is 3.21. The van der Waals surface area contributed by atoms with Crippen molar-refractivity contribution in [2.75, 3.05) is 0 Å². The number of rotatable bonds is 3. The molecule has 0 saturated carbocycles. The first-order valence-corrected chi connectivity index (χ1v) is 6.67. The molecule has 0 radical (unpaired) electrons. The maximum absolute atomic E-state index is 5.74. The fraction of sp³-hybridized carbons (Fsp3) is 0.143. The number of hydrogen-bond donors (Lipinski definition) is 0. The summed E-state index contributed by atoms with van der Waals surface area (Å²) in [6, 6.07) is 9.72. The quantitative estimate of drug-likeness (QED) is 0.744. The maximum Gasteiger partial charge on any atom is 0.144 e. The minimum Gasteiger partial charge on any atom is -0.487 e. The summed E-state index contributed by atoms with van der Waals surface area (Å²) in [6.45, 7) is 0.422. The molecule has 96 valence electrons. The molecule has 0 amide bonds. The molecule has 0 aliphatic rings. The smallest absolute Gasteiger partial charge is 0.144 e. The van der Waals surface area contributed by atoms with Gasteiger partial charge in [0.2, 0.25) is 0 Å². The Morgan fingerprint density at radius 2 is 2.00 bits per heavy atom. The highest BCUT2D eigenvalue weighted by atomic mass is 79.9. The van der Waals surface area contributed by atoms with Gasteiger partial charge in [0.1, 0.15) is 24.3 Å². The van der Waals surface area contributed by atoms with Gasteiger partial charge in [-0.1, -0.05) is 18.2 Å². The zero-order chi connectivity index (χ0) is 13.2. The third kappa shape index (κ3) is 2.33. The lowest BCUT2D eigenvalue weighted by molar-refractivity contribution is 0.303. The lowest BCUT2D eigenvalue weighted by Gasteiger charge is -2.06. The highest BCUT2D eigenvalue weighted by Crippen LogP contribution is 2.26. The molecule has 0 unspecified atom stereocenters. The summed E-state index contributed by atoms with van der Waals surface area (Å²) in [6.07, 6.45) is 3.55. The Morgan fingerprint density at radius 3 is 2.79 bits per heavy atom. The second-order valence-electron chi connectivity index (χ2n) is 4.21. The summed E-state index contributed by atoms with van der Waals surface area (Å²) in [5.74, 6) is 0.835. The van der Waals surface area contributed by atoms with E-state index in [1.165, 1.54) is 0 Å². The third-order valence-corrected chi connectivity index (χ3v) is 3.51. The first-order chi connectivity index (χ1) is 9.25. The van der Waals surface area contributed by atoms with Crippen LogP contribution in [0.5, 0.6) is 5.75 Å². The van der Waals surface area contributed by atoms with E-state index in [9.17, 15) is 0 Å². The van der Waals surface area contributed by atoms with Gasteiger partial charge in [0.15, 0.2) is 0 Å². The lowest BCUT2D eigenvalue weighted by atomic mass is 10.3. The normalized spacial score (nSPS) is 10.8. The van der Waals surface area contributed by atoms with Crippen molar-refractivity contribution in [3.05, 3.63) is 53.0 Å². The van der Waals surface area contributed by atoms with E-state index < -0.39 is 0 Å². The first-order valence-electron chi connectivity index (χ1n) is 5.88. The van der Waals surface area contributed by atoms with Crippen LogP contribution in [0.1, 0.15) is 5.69 Å². The van der Waals surface area contributed by atoms with Gasteiger partial charge in [-0.25, -0.2) is 9.97 Å². The Balaban J connectivity index is 1.93. The van der Waals surface area contributed by atoms with Gasteiger partial charge in [-0.15, -0.1) is 0 Å². The van der Waals surface area contributed by atoms with Crippen molar-refractivity contribution in [2.45, 2.75) is 6.61 Å². The van der Waals surface area contributed by atoms with Gasteiger partial charge in [-0.3, -0.25) is 0 Å². The average Bonchev–Trinajstić information content (AvgIpc) is 2.74. The zero-order valence-corrected chi connectivity index (χ0v) is 12.0. The largest absolute Gasteiger partial charge is 0.487 e. The summed E-state index contributed by atoms with van der Waals surface area (Å²) in [5.41, 5.74) is 1.77. The van der Waals surface area contributed by atoms with Gasteiger partial charge in [0, 0.05) is 17.7 Å². The predicted octanol–water partition coefficient (Wildman–Crippen LogP) is 3.31. The van der Waals surface area contributed by atoms with Crippen LogP contribution in [-0.2, 0) is 13.7 Å². The van der Waals surface area contributed by atoms with E-state index in [2.05, 4.69) is 25.9 Å². The number of fused-ring (bicyclic) bond motifs is 1. The standard InChI is InChI=1S/C14H12BrN3O/c1-18-7-11(15)13-12(16-9-17-14(13)18)8-19-10-5-3-2-4-6-10/h2-7,9H,8H2,1H3. The fourth-order valence-corrected chi connectivity index (χ4v) is 2.71. The van der Waals surface area contributed by atoms with Crippen LogP contribution in [0.4, 0.5) is 0 Å². The molecule has 0 spiro atoms. The topological polar surface area (TPSA) is 39.9 Å². The molecule has 0 fully saturated rings. The zero-order valence-electron chi connectivity index (χ0n) is 10.4. The summed E-state index contributed by atoms with van der Waals surface area (Å²) >= 11 is 3.54. The van der Waals surface area contributed by atoms with Crippen molar-refractivity contribution in [3.63, 3.8) is 0 Å². The molecule has 0 atom stereocenters. The number of nitrogens with zero attached hydrogens (tertiary/aromatic N) is 3. The van der Waals surface area contributed by atoms with Crippen molar-refractivity contribution in [3.8, 4) is 5.75 Å². The van der Waals surface area contributed by atoms with Crippen molar-refractivity contribution in [1.82, 2.24) is 14.5 Å².